The first-order chi connectivity index (χ1) is 8.31. The average Bonchev–Trinajstić information content (AvgIpc) is 2.85. The van der Waals surface area contributed by atoms with Gasteiger partial charge < -0.3 is 9.73 Å². The van der Waals surface area contributed by atoms with Gasteiger partial charge in [0, 0.05) is 12.5 Å². The lowest BCUT2D eigenvalue weighted by atomic mass is 9.97. The lowest BCUT2D eigenvalue weighted by molar-refractivity contribution is 0.469. The van der Waals surface area contributed by atoms with Crippen LogP contribution in [0.1, 0.15) is 29.3 Å². The monoisotopic (exact) mass is 229 g/mol. The van der Waals surface area contributed by atoms with Crippen LogP contribution in [0, 0.1) is 6.92 Å². The Morgan fingerprint density at radius 1 is 1.18 bits per heavy atom. The van der Waals surface area contributed by atoms with Crippen molar-refractivity contribution in [2.45, 2.75) is 25.8 Å². The van der Waals surface area contributed by atoms with E-state index in [9.17, 15) is 0 Å². The molecule has 90 valence electrons. The predicted molar refractivity (Wildman–Crippen MR) is 70.0 cm³/mol. The van der Waals surface area contributed by atoms with Gasteiger partial charge >= 0.3 is 0 Å². The molecule has 2 rings (SSSR count). The molecule has 17 heavy (non-hydrogen) atoms. The summed E-state index contributed by atoms with van der Waals surface area (Å²) in [6, 6.07) is 12.9. The summed E-state index contributed by atoms with van der Waals surface area (Å²) < 4.78 is 5.37. The summed E-state index contributed by atoms with van der Waals surface area (Å²) >= 11 is 0. The minimum Gasteiger partial charge on any atom is -0.469 e. The summed E-state index contributed by atoms with van der Waals surface area (Å²) in [4.78, 5) is 0. The summed E-state index contributed by atoms with van der Waals surface area (Å²) in [7, 11) is 2.01. The third-order valence-corrected chi connectivity index (χ3v) is 3.17. The molecule has 2 heteroatoms. The van der Waals surface area contributed by atoms with Crippen molar-refractivity contribution in [3.8, 4) is 0 Å². The maximum absolute atomic E-state index is 5.37. The van der Waals surface area contributed by atoms with Gasteiger partial charge in [-0.05, 0) is 43.7 Å². The second-order valence-corrected chi connectivity index (χ2v) is 4.32. The molecule has 0 fully saturated rings. The zero-order chi connectivity index (χ0) is 12.1. The topological polar surface area (TPSA) is 25.2 Å². The molecule has 1 aromatic heterocycles. The number of aryl methyl sites for hydroxylation is 2. The number of rotatable bonds is 5. The van der Waals surface area contributed by atoms with Crippen LogP contribution in [-0.2, 0) is 6.42 Å². The Morgan fingerprint density at radius 3 is 2.65 bits per heavy atom. The Hall–Kier alpha value is -1.54. The fourth-order valence-electron chi connectivity index (χ4n) is 2.17. The van der Waals surface area contributed by atoms with E-state index in [2.05, 4.69) is 36.5 Å². The molecule has 0 bridgehead atoms. The molecule has 1 heterocycles. The molecule has 0 spiro atoms. The normalized spacial score (nSPS) is 12.6. The number of hydrogen-bond donors (Lipinski definition) is 1. The maximum Gasteiger partial charge on any atom is 0.103 e. The van der Waals surface area contributed by atoms with Crippen molar-refractivity contribution >= 4 is 0 Å². The number of nitrogens with one attached hydrogen (secondary N) is 1. The average molecular weight is 229 g/mol. The molecule has 0 amide bonds. The first-order valence-corrected chi connectivity index (χ1v) is 6.06. The van der Waals surface area contributed by atoms with E-state index in [1.807, 2.05) is 19.2 Å². The van der Waals surface area contributed by atoms with E-state index in [0.717, 1.165) is 18.6 Å². The zero-order valence-corrected chi connectivity index (χ0v) is 10.4. The highest BCUT2D eigenvalue weighted by Crippen LogP contribution is 2.22. The van der Waals surface area contributed by atoms with Crippen molar-refractivity contribution in [2.24, 2.45) is 0 Å². The fourth-order valence-corrected chi connectivity index (χ4v) is 2.17. The van der Waals surface area contributed by atoms with E-state index in [1.54, 1.807) is 6.26 Å². The molecular formula is C15H19NO. The number of furan rings is 1. The van der Waals surface area contributed by atoms with Crippen LogP contribution >= 0.6 is 0 Å². The summed E-state index contributed by atoms with van der Waals surface area (Å²) in [6.07, 6.45) is 3.75. The second-order valence-electron chi connectivity index (χ2n) is 4.32. The van der Waals surface area contributed by atoms with Crippen LogP contribution in [0.25, 0.3) is 0 Å². The van der Waals surface area contributed by atoms with Crippen LogP contribution in [0.2, 0.25) is 0 Å². The minimum absolute atomic E-state index is 0.390. The molecule has 0 radical (unpaired) electrons. The Morgan fingerprint density at radius 2 is 2.00 bits per heavy atom. The predicted octanol–water partition coefficient (Wildman–Crippen LogP) is 3.48. The molecule has 1 unspecified atom stereocenters. The third kappa shape index (κ3) is 2.98. The van der Waals surface area contributed by atoms with Crippen LogP contribution < -0.4 is 5.32 Å². The Bertz CT molecular complexity index is 448. The van der Waals surface area contributed by atoms with Crippen molar-refractivity contribution < 1.29 is 4.42 Å². The molecule has 2 nitrogen and oxygen atoms in total. The summed E-state index contributed by atoms with van der Waals surface area (Å²) in [5, 5.41) is 3.38. The van der Waals surface area contributed by atoms with E-state index >= 15 is 0 Å². The summed E-state index contributed by atoms with van der Waals surface area (Å²) in [5.74, 6) is 1.05. The largest absolute Gasteiger partial charge is 0.469 e. The maximum atomic E-state index is 5.37. The summed E-state index contributed by atoms with van der Waals surface area (Å²) in [5.41, 5.74) is 2.72. The van der Waals surface area contributed by atoms with Gasteiger partial charge in [-0.2, -0.15) is 0 Å². The van der Waals surface area contributed by atoms with Gasteiger partial charge in [0.1, 0.15) is 5.76 Å². The Balaban J connectivity index is 2.04. The van der Waals surface area contributed by atoms with Crippen LogP contribution in [0.4, 0.5) is 0 Å². The molecule has 0 saturated carbocycles. The van der Waals surface area contributed by atoms with Gasteiger partial charge in [-0.1, -0.05) is 24.3 Å². The van der Waals surface area contributed by atoms with E-state index in [-0.39, 0.29) is 0 Å². The molecular weight excluding hydrogens is 210 g/mol. The highest BCUT2D eigenvalue weighted by Gasteiger charge is 2.11. The highest BCUT2D eigenvalue weighted by atomic mass is 16.3. The van der Waals surface area contributed by atoms with Crippen molar-refractivity contribution in [3.05, 3.63) is 59.5 Å². The Labute approximate surface area is 103 Å². The van der Waals surface area contributed by atoms with Crippen LogP contribution in [0.5, 0.6) is 0 Å². The van der Waals surface area contributed by atoms with Gasteiger partial charge in [0.2, 0.25) is 0 Å². The number of benzene rings is 1. The van der Waals surface area contributed by atoms with Gasteiger partial charge in [-0.3, -0.25) is 0 Å². The quantitative estimate of drug-likeness (QED) is 0.849. The van der Waals surface area contributed by atoms with E-state index in [4.69, 9.17) is 4.42 Å². The van der Waals surface area contributed by atoms with E-state index < -0.39 is 0 Å². The second kappa shape index (κ2) is 5.69. The molecule has 0 aliphatic carbocycles. The van der Waals surface area contributed by atoms with Crippen molar-refractivity contribution in [1.29, 1.82) is 0 Å². The lowest BCUT2D eigenvalue weighted by Crippen LogP contribution is -2.18. The zero-order valence-electron chi connectivity index (χ0n) is 10.4. The number of hydrogen-bond acceptors (Lipinski definition) is 2. The SMILES string of the molecule is CNC(CCc1ccco1)c1ccccc1C. The molecule has 2 aromatic rings. The van der Waals surface area contributed by atoms with Crippen LogP contribution in [-0.4, -0.2) is 7.05 Å². The first kappa shape index (κ1) is 11.9. The van der Waals surface area contributed by atoms with E-state index in [1.165, 1.54) is 11.1 Å². The molecule has 1 atom stereocenters. The van der Waals surface area contributed by atoms with Gasteiger partial charge in [0.25, 0.3) is 0 Å². The summed E-state index contributed by atoms with van der Waals surface area (Å²) in [6.45, 7) is 2.16. The third-order valence-electron chi connectivity index (χ3n) is 3.17. The van der Waals surface area contributed by atoms with Crippen molar-refractivity contribution in [2.75, 3.05) is 7.05 Å². The molecule has 1 N–H and O–H groups in total. The standard InChI is InChI=1S/C15H19NO/c1-12-6-3-4-8-14(12)15(16-2)10-9-13-7-5-11-17-13/h3-8,11,15-16H,9-10H2,1-2H3. The minimum atomic E-state index is 0.390. The smallest absolute Gasteiger partial charge is 0.103 e. The fraction of sp³-hybridized carbons (Fsp3) is 0.333. The van der Waals surface area contributed by atoms with Crippen molar-refractivity contribution in [3.63, 3.8) is 0 Å². The van der Waals surface area contributed by atoms with Crippen LogP contribution in [0.3, 0.4) is 0 Å². The Kier molecular flexibility index (Phi) is 3.99. The van der Waals surface area contributed by atoms with Crippen molar-refractivity contribution in [1.82, 2.24) is 5.32 Å². The molecule has 1 aromatic carbocycles. The van der Waals surface area contributed by atoms with Crippen LogP contribution in [0.15, 0.2) is 47.1 Å². The van der Waals surface area contributed by atoms with E-state index in [0.29, 0.717) is 6.04 Å². The highest BCUT2D eigenvalue weighted by molar-refractivity contribution is 5.28. The van der Waals surface area contributed by atoms with Gasteiger partial charge in [-0.25, -0.2) is 0 Å². The van der Waals surface area contributed by atoms with Gasteiger partial charge in [-0.15, -0.1) is 0 Å². The van der Waals surface area contributed by atoms with Gasteiger partial charge in [0.15, 0.2) is 0 Å². The molecule has 0 saturated heterocycles. The first-order valence-electron chi connectivity index (χ1n) is 6.06. The lowest BCUT2D eigenvalue weighted by Gasteiger charge is -2.18. The van der Waals surface area contributed by atoms with Gasteiger partial charge in [0.05, 0.1) is 6.26 Å². The molecule has 0 aliphatic rings. The molecule has 0 aliphatic heterocycles.